The van der Waals surface area contributed by atoms with E-state index in [0.717, 1.165) is 18.4 Å². The molecule has 1 saturated heterocycles. The minimum Gasteiger partial charge on any atom is -0.377 e. The van der Waals surface area contributed by atoms with Crippen LogP contribution in [0.4, 0.5) is 0 Å². The third-order valence-corrected chi connectivity index (χ3v) is 5.09. The lowest BCUT2D eigenvalue weighted by Gasteiger charge is -2.22. The average Bonchev–Trinajstić information content (AvgIpc) is 3.02. The normalized spacial score (nSPS) is 18.3. The van der Waals surface area contributed by atoms with E-state index in [4.69, 9.17) is 4.74 Å². The molecule has 1 aromatic rings. The van der Waals surface area contributed by atoms with Gasteiger partial charge in [-0.3, -0.25) is 4.79 Å². The maximum Gasteiger partial charge on any atom is 0.221 e. The van der Waals surface area contributed by atoms with E-state index in [1.54, 1.807) is 0 Å². The summed E-state index contributed by atoms with van der Waals surface area (Å²) in [5, 5.41) is 2.81. The smallest absolute Gasteiger partial charge is 0.221 e. The molecule has 6 nitrogen and oxygen atoms in total. The van der Waals surface area contributed by atoms with Crippen molar-refractivity contribution in [3.05, 3.63) is 35.9 Å². The SMILES string of the molecule is CS(=O)(=O)N(CCC(=O)NCc1ccccc1)CC1CCCO1. The summed E-state index contributed by atoms with van der Waals surface area (Å²) in [7, 11) is -3.34. The molecule has 1 amide bonds. The second kappa shape index (κ2) is 8.42. The van der Waals surface area contributed by atoms with Crippen LogP contribution < -0.4 is 5.32 Å². The summed E-state index contributed by atoms with van der Waals surface area (Å²) < 4.78 is 30.5. The van der Waals surface area contributed by atoms with Gasteiger partial charge in [0.15, 0.2) is 0 Å². The number of ether oxygens (including phenoxy) is 1. The predicted molar refractivity (Wildman–Crippen MR) is 88.3 cm³/mol. The van der Waals surface area contributed by atoms with Crippen LogP contribution in [0.25, 0.3) is 0 Å². The van der Waals surface area contributed by atoms with Crippen LogP contribution in [-0.4, -0.2) is 50.7 Å². The van der Waals surface area contributed by atoms with Gasteiger partial charge in [-0.1, -0.05) is 30.3 Å². The maximum atomic E-state index is 11.9. The van der Waals surface area contributed by atoms with E-state index in [0.29, 0.717) is 19.7 Å². The van der Waals surface area contributed by atoms with Crippen LogP contribution in [0.15, 0.2) is 30.3 Å². The fraction of sp³-hybridized carbons (Fsp3) is 0.562. The highest BCUT2D eigenvalue weighted by Gasteiger charge is 2.24. The first kappa shape index (κ1) is 17.9. The molecule has 1 fully saturated rings. The molecule has 128 valence electrons. The van der Waals surface area contributed by atoms with E-state index in [1.807, 2.05) is 30.3 Å². The highest BCUT2D eigenvalue weighted by Crippen LogP contribution is 2.15. The Hall–Kier alpha value is -1.44. The average molecular weight is 340 g/mol. The highest BCUT2D eigenvalue weighted by atomic mass is 32.2. The van der Waals surface area contributed by atoms with Crippen molar-refractivity contribution >= 4 is 15.9 Å². The molecule has 23 heavy (non-hydrogen) atoms. The van der Waals surface area contributed by atoms with Crippen molar-refractivity contribution in [1.82, 2.24) is 9.62 Å². The number of nitrogens with one attached hydrogen (secondary N) is 1. The first-order valence-corrected chi connectivity index (χ1v) is 9.67. The largest absolute Gasteiger partial charge is 0.377 e. The van der Waals surface area contributed by atoms with E-state index in [1.165, 1.54) is 10.6 Å². The van der Waals surface area contributed by atoms with E-state index in [-0.39, 0.29) is 25.0 Å². The van der Waals surface area contributed by atoms with Gasteiger partial charge in [-0.2, -0.15) is 4.31 Å². The van der Waals surface area contributed by atoms with Gasteiger partial charge < -0.3 is 10.1 Å². The molecule has 1 unspecified atom stereocenters. The fourth-order valence-corrected chi connectivity index (χ4v) is 3.38. The van der Waals surface area contributed by atoms with Gasteiger partial charge >= 0.3 is 0 Å². The Morgan fingerprint density at radius 2 is 2.09 bits per heavy atom. The van der Waals surface area contributed by atoms with Crippen LogP contribution in [0.2, 0.25) is 0 Å². The number of rotatable bonds is 8. The molecule has 0 spiro atoms. The summed E-state index contributed by atoms with van der Waals surface area (Å²) in [6.07, 6.45) is 3.08. The van der Waals surface area contributed by atoms with Gasteiger partial charge in [0.25, 0.3) is 0 Å². The van der Waals surface area contributed by atoms with Crippen LogP contribution in [0.1, 0.15) is 24.8 Å². The van der Waals surface area contributed by atoms with Gasteiger partial charge in [0.2, 0.25) is 15.9 Å². The summed E-state index contributed by atoms with van der Waals surface area (Å²) in [5.74, 6) is -0.158. The summed E-state index contributed by atoms with van der Waals surface area (Å²) >= 11 is 0. The van der Waals surface area contributed by atoms with Crippen LogP contribution in [0.3, 0.4) is 0 Å². The second-order valence-corrected chi connectivity index (χ2v) is 7.75. The molecule has 1 aliphatic heterocycles. The quantitative estimate of drug-likeness (QED) is 0.770. The summed E-state index contributed by atoms with van der Waals surface area (Å²) in [6, 6.07) is 9.60. The number of amides is 1. The van der Waals surface area contributed by atoms with Gasteiger partial charge in [-0.05, 0) is 18.4 Å². The summed E-state index contributed by atoms with van der Waals surface area (Å²) in [5.41, 5.74) is 1.01. The Bertz CT molecular complexity index is 598. The number of carbonyl (C=O) groups is 1. The zero-order valence-corrected chi connectivity index (χ0v) is 14.2. The van der Waals surface area contributed by atoms with Gasteiger partial charge in [-0.25, -0.2) is 8.42 Å². The molecule has 2 rings (SSSR count). The van der Waals surface area contributed by atoms with Crippen LogP contribution in [0.5, 0.6) is 0 Å². The van der Waals surface area contributed by atoms with E-state index >= 15 is 0 Å². The fourth-order valence-electron chi connectivity index (χ4n) is 2.52. The molecule has 0 saturated carbocycles. The summed E-state index contributed by atoms with van der Waals surface area (Å²) in [6.45, 7) is 1.63. The Kier molecular flexibility index (Phi) is 6.56. The molecule has 0 aromatic heterocycles. The topological polar surface area (TPSA) is 75.7 Å². The summed E-state index contributed by atoms with van der Waals surface area (Å²) in [4.78, 5) is 11.9. The number of sulfonamides is 1. The van der Waals surface area contributed by atoms with Crippen LogP contribution in [0, 0.1) is 0 Å². The van der Waals surface area contributed by atoms with Gasteiger partial charge in [0, 0.05) is 32.7 Å². The molecule has 0 bridgehead atoms. The third kappa shape index (κ3) is 6.29. The Balaban J connectivity index is 1.79. The van der Waals surface area contributed by atoms with E-state index in [9.17, 15) is 13.2 Å². The van der Waals surface area contributed by atoms with Crippen molar-refractivity contribution in [1.29, 1.82) is 0 Å². The van der Waals surface area contributed by atoms with Crippen molar-refractivity contribution in [2.45, 2.75) is 31.9 Å². The molecule has 1 atom stereocenters. The van der Waals surface area contributed by atoms with Gasteiger partial charge in [0.05, 0.1) is 12.4 Å². The number of hydrogen-bond acceptors (Lipinski definition) is 4. The maximum absolute atomic E-state index is 11.9. The van der Waals surface area contributed by atoms with Crippen molar-refractivity contribution in [2.75, 3.05) is 26.0 Å². The first-order chi connectivity index (χ1) is 10.9. The molecule has 1 aromatic carbocycles. The second-order valence-electron chi connectivity index (χ2n) is 5.77. The molecule has 7 heteroatoms. The Morgan fingerprint density at radius 1 is 1.35 bits per heavy atom. The molecular formula is C16H24N2O4S. The molecule has 1 N–H and O–H groups in total. The number of benzene rings is 1. The van der Waals surface area contributed by atoms with E-state index < -0.39 is 10.0 Å². The van der Waals surface area contributed by atoms with Gasteiger partial charge in [0.1, 0.15) is 0 Å². The minimum atomic E-state index is -3.34. The minimum absolute atomic E-state index is 0.0582. The molecule has 0 aliphatic carbocycles. The lowest BCUT2D eigenvalue weighted by molar-refractivity contribution is -0.121. The van der Waals surface area contributed by atoms with Crippen molar-refractivity contribution < 1.29 is 17.9 Å². The lowest BCUT2D eigenvalue weighted by atomic mass is 10.2. The van der Waals surface area contributed by atoms with E-state index in [2.05, 4.69) is 5.32 Å². The van der Waals surface area contributed by atoms with Crippen molar-refractivity contribution in [2.24, 2.45) is 0 Å². The standard InChI is InChI=1S/C16H24N2O4S/c1-23(20,21)18(13-15-8-5-11-22-15)10-9-16(19)17-12-14-6-3-2-4-7-14/h2-4,6-7,15H,5,8-13H2,1H3,(H,17,19). The Morgan fingerprint density at radius 3 is 2.70 bits per heavy atom. The van der Waals surface area contributed by atoms with Crippen molar-refractivity contribution in [3.8, 4) is 0 Å². The Labute approximate surface area is 137 Å². The number of nitrogens with zero attached hydrogens (tertiary/aromatic N) is 1. The monoisotopic (exact) mass is 340 g/mol. The zero-order chi connectivity index (χ0) is 16.7. The molecular weight excluding hydrogens is 316 g/mol. The highest BCUT2D eigenvalue weighted by molar-refractivity contribution is 7.88. The molecule has 1 heterocycles. The van der Waals surface area contributed by atoms with Gasteiger partial charge in [-0.15, -0.1) is 0 Å². The first-order valence-electron chi connectivity index (χ1n) is 7.82. The molecule has 0 radical (unpaired) electrons. The van der Waals surface area contributed by atoms with Crippen molar-refractivity contribution in [3.63, 3.8) is 0 Å². The number of carbonyl (C=O) groups excluding carboxylic acids is 1. The lowest BCUT2D eigenvalue weighted by Crippen LogP contribution is -2.39. The van der Waals surface area contributed by atoms with Crippen LogP contribution >= 0.6 is 0 Å². The van der Waals surface area contributed by atoms with Crippen LogP contribution in [-0.2, 0) is 26.1 Å². The third-order valence-electron chi connectivity index (χ3n) is 3.82. The zero-order valence-electron chi connectivity index (χ0n) is 13.4. The predicted octanol–water partition coefficient (Wildman–Crippen LogP) is 1.13. The number of hydrogen-bond donors (Lipinski definition) is 1. The molecule has 1 aliphatic rings.